The summed E-state index contributed by atoms with van der Waals surface area (Å²) in [6, 6.07) is 58.7. The van der Waals surface area contributed by atoms with E-state index in [4.69, 9.17) is 9.97 Å². The van der Waals surface area contributed by atoms with E-state index in [1.165, 1.54) is 49.3 Å². The highest BCUT2D eigenvalue weighted by atomic mass is 15.0. The fourth-order valence-electron chi connectivity index (χ4n) is 7.97. The Balaban J connectivity index is 1.24. The van der Waals surface area contributed by atoms with Gasteiger partial charge in [-0.15, -0.1) is 0 Å². The number of para-hydroxylation sites is 2. The molecule has 3 aromatic heterocycles. The number of aryl methyl sites for hydroxylation is 3. The molecule has 10 aromatic rings. The second-order valence-electron chi connectivity index (χ2n) is 14.1. The van der Waals surface area contributed by atoms with Gasteiger partial charge in [0.15, 0.2) is 5.82 Å². The van der Waals surface area contributed by atoms with E-state index in [0.29, 0.717) is 5.82 Å². The summed E-state index contributed by atoms with van der Waals surface area (Å²) in [7, 11) is 0. The predicted octanol–water partition coefficient (Wildman–Crippen LogP) is 12.6. The maximum atomic E-state index is 5.28. The first-order valence-corrected chi connectivity index (χ1v) is 18.2. The van der Waals surface area contributed by atoms with Crippen LogP contribution < -0.4 is 0 Å². The molecule has 0 aliphatic heterocycles. The first kappa shape index (κ1) is 31.0. The summed E-state index contributed by atoms with van der Waals surface area (Å²) in [5.74, 6) is 0.708. The summed E-state index contributed by atoms with van der Waals surface area (Å²) >= 11 is 0. The van der Waals surface area contributed by atoms with Crippen LogP contribution in [0.25, 0.3) is 88.9 Å². The van der Waals surface area contributed by atoms with Crippen molar-refractivity contribution in [3.8, 4) is 45.3 Å². The number of nitrogens with zero attached hydrogens (tertiary/aromatic N) is 4. The van der Waals surface area contributed by atoms with Crippen LogP contribution in [0, 0.1) is 20.8 Å². The zero-order valence-corrected chi connectivity index (χ0v) is 29.9. The van der Waals surface area contributed by atoms with Gasteiger partial charge in [-0.1, -0.05) is 109 Å². The lowest BCUT2D eigenvalue weighted by Gasteiger charge is -2.18. The number of benzene rings is 7. The van der Waals surface area contributed by atoms with E-state index in [1.807, 2.05) is 24.3 Å². The Kier molecular flexibility index (Phi) is 7.12. The Morgan fingerprint density at radius 2 is 0.943 bits per heavy atom. The third-order valence-electron chi connectivity index (χ3n) is 10.7. The molecule has 0 radical (unpaired) electrons. The maximum absolute atomic E-state index is 5.28. The zero-order chi connectivity index (χ0) is 35.6. The van der Waals surface area contributed by atoms with E-state index in [1.54, 1.807) is 0 Å². The molecule has 0 atom stereocenters. The molecule has 53 heavy (non-hydrogen) atoms. The third-order valence-corrected chi connectivity index (χ3v) is 10.7. The van der Waals surface area contributed by atoms with Gasteiger partial charge in [0.2, 0.25) is 0 Å². The van der Waals surface area contributed by atoms with Gasteiger partial charge < -0.3 is 9.13 Å². The van der Waals surface area contributed by atoms with Crippen molar-refractivity contribution in [3.63, 3.8) is 0 Å². The summed E-state index contributed by atoms with van der Waals surface area (Å²) < 4.78 is 4.84. The number of fused-ring (bicyclic) bond motifs is 6. The standard InChI is InChI=1S/C49H36N4/c1-31-22-24-46-39(26-31)37-18-10-12-20-44(37)52(46)36-23-25-47-40(29-36)38-19-11-13-21-45(38)53(47)48-28-33(3)32(2)27-41(48)43-30-42(34-14-6-4-7-15-34)50-49(51-43)35-16-8-5-9-17-35/h4-30H,1-3H3. The van der Waals surface area contributed by atoms with Crippen molar-refractivity contribution < 1.29 is 0 Å². The lowest BCUT2D eigenvalue weighted by Crippen LogP contribution is -2.02. The first-order chi connectivity index (χ1) is 26.0. The van der Waals surface area contributed by atoms with Gasteiger partial charge in [0, 0.05) is 43.9 Å². The Morgan fingerprint density at radius 1 is 0.396 bits per heavy atom. The molecule has 10 rings (SSSR count). The van der Waals surface area contributed by atoms with Crippen LogP contribution in [0.15, 0.2) is 164 Å². The van der Waals surface area contributed by atoms with Gasteiger partial charge in [-0.05, 0) is 92.6 Å². The van der Waals surface area contributed by atoms with E-state index in [9.17, 15) is 0 Å². The molecule has 252 valence electrons. The second-order valence-corrected chi connectivity index (χ2v) is 14.1. The van der Waals surface area contributed by atoms with Gasteiger partial charge >= 0.3 is 0 Å². The molecule has 3 heterocycles. The third kappa shape index (κ3) is 5.06. The SMILES string of the molecule is Cc1ccc2c(c1)c1ccccc1n2-c1ccc2c(c1)c1ccccc1n2-c1cc(C)c(C)cc1-c1cc(-c2ccccc2)nc(-c2ccccc2)n1. The molecule has 0 bridgehead atoms. The van der Waals surface area contributed by atoms with E-state index in [0.717, 1.165) is 50.5 Å². The molecule has 7 aromatic carbocycles. The molecule has 4 heteroatoms. The summed E-state index contributed by atoms with van der Waals surface area (Å²) in [6.45, 7) is 6.55. The predicted molar refractivity (Wildman–Crippen MR) is 221 cm³/mol. The summed E-state index contributed by atoms with van der Waals surface area (Å²) in [5, 5.41) is 4.96. The fourth-order valence-corrected chi connectivity index (χ4v) is 7.97. The molecule has 4 nitrogen and oxygen atoms in total. The zero-order valence-electron chi connectivity index (χ0n) is 29.9. The van der Waals surface area contributed by atoms with Crippen molar-refractivity contribution in [2.75, 3.05) is 0 Å². The van der Waals surface area contributed by atoms with Crippen LogP contribution in [-0.4, -0.2) is 19.1 Å². The van der Waals surface area contributed by atoms with Crippen LogP contribution in [-0.2, 0) is 0 Å². The lowest BCUT2D eigenvalue weighted by atomic mass is 9.99. The summed E-state index contributed by atoms with van der Waals surface area (Å²) in [6.07, 6.45) is 0. The van der Waals surface area contributed by atoms with Crippen molar-refractivity contribution in [2.24, 2.45) is 0 Å². The second kappa shape index (κ2) is 12.2. The van der Waals surface area contributed by atoms with Crippen LogP contribution in [0.4, 0.5) is 0 Å². The molecule has 0 fully saturated rings. The normalized spacial score (nSPS) is 11.7. The molecule has 0 aliphatic rings. The average molecular weight is 681 g/mol. The van der Waals surface area contributed by atoms with Crippen LogP contribution in [0.3, 0.4) is 0 Å². The number of aromatic nitrogens is 4. The van der Waals surface area contributed by atoms with Gasteiger partial charge in [-0.25, -0.2) is 9.97 Å². The largest absolute Gasteiger partial charge is 0.309 e. The van der Waals surface area contributed by atoms with E-state index >= 15 is 0 Å². The van der Waals surface area contributed by atoms with Gasteiger partial charge in [0.1, 0.15) is 0 Å². The Bertz CT molecular complexity index is 2970. The van der Waals surface area contributed by atoms with E-state index in [2.05, 4.69) is 169 Å². The smallest absolute Gasteiger partial charge is 0.160 e. The number of hydrogen-bond donors (Lipinski definition) is 0. The lowest BCUT2D eigenvalue weighted by molar-refractivity contribution is 1.13. The molecule has 0 saturated carbocycles. The molecule has 0 N–H and O–H groups in total. The highest BCUT2D eigenvalue weighted by Crippen LogP contribution is 2.40. The highest BCUT2D eigenvalue weighted by Gasteiger charge is 2.21. The van der Waals surface area contributed by atoms with Crippen molar-refractivity contribution in [1.82, 2.24) is 19.1 Å². The van der Waals surface area contributed by atoms with Gasteiger partial charge in [-0.3, -0.25) is 0 Å². The molecule has 0 saturated heterocycles. The minimum Gasteiger partial charge on any atom is -0.309 e. The topological polar surface area (TPSA) is 35.6 Å². The van der Waals surface area contributed by atoms with Crippen LogP contribution in [0.2, 0.25) is 0 Å². The molecular weight excluding hydrogens is 645 g/mol. The fraction of sp³-hybridized carbons (Fsp3) is 0.0612. The highest BCUT2D eigenvalue weighted by molar-refractivity contribution is 6.12. The van der Waals surface area contributed by atoms with Crippen molar-refractivity contribution >= 4 is 43.6 Å². The molecular formula is C49H36N4. The van der Waals surface area contributed by atoms with Gasteiger partial charge in [0.05, 0.1) is 39.1 Å². The van der Waals surface area contributed by atoms with Crippen LogP contribution in [0.1, 0.15) is 16.7 Å². The minimum atomic E-state index is 0.708. The Hall–Kier alpha value is -6.78. The van der Waals surface area contributed by atoms with Crippen LogP contribution in [0.5, 0.6) is 0 Å². The molecule has 0 aliphatic carbocycles. The monoisotopic (exact) mass is 680 g/mol. The van der Waals surface area contributed by atoms with Crippen molar-refractivity contribution in [3.05, 3.63) is 180 Å². The summed E-state index contributed by atoms with van der Waals surface area (Å²) in [4.78, 5) is 10.4. The first-order valence-electron chi connectivity index (χ1n) is 18.2. The molecule has 0 unspecified atom stereocenters. The maximum Gasteiger partial charge on any atom is 0.160 e. The molecule has 0 amide bonds. The van der Waals surface area contributed by atoms with Gasteiger partial charge in [0.25, 0.3) is 0 Å². The van der Waals surface area contributed by atoms with Crippen molar-refractivity contribution in [1.29, 1.82) is 0 Å². The minimum absolute atomic E-state index is 0.708. The summed E-state index contributed by atoms with van der Waals surface area (Å²) in [5.41, 5.74) is 15.6. The number of hydrogen-bond acceptors (Lipinski definition) is 2. The van der Waals surface area contributed by atoms with E-state index in [-0.39, 0.29) is 0 Å². The quantitative estimate of drug-likeness (QED) is 0.181. The Labute approximate surface area is 308 Å². The van der Waals surface area contributed by atoms with E-state index < -0.39 is 0 Å². The number of rotatable bonds is 5. The molecule has 0 spiro atoms. The van der Waals surface area contributed by atoms with Gasteiger partial charge in [-0.2, -0.15) is 0 Å². The van der Waals surface area contributed by atoms with Crippen molar-refractivity contribution in [2.45, 2.75) is 20.8 Å². The average Bonchev–Trinajstić information content (AvgIpc) is 3.71. The Morgan fingerprint density at radius 3 is 1.68 bits per heavy atom. The van der Waals surface area contributed by atoms with Crippen LogP contribution >= 0.6 is 0 Å².